The Morgan fingerprint density at radius 3 is 2.33 bits per heavy atom. The van der Waals surface area contributed by atoms with Crippen LogP contribution in [0.25, 0.3) is 0 Å². The molecule has 2 nitrogen and oxygen atoms in total. The zero-order valence-electron chi connectivity index (χ0n) is 12.8. The maximum Gasteiger partial charge on any atom is 0.182 e. The molecule has 0 aliphatic heterocycles. The molecule has 0 unspecified atom stereocenters. The Morgan fingerprint density at radius 2 is 1.76 bits per heavy atom. The summed E-state index contributed by atoms with van der Waals surface area (Å²) in [5.74, 6) is 0.160. The number of aryl methyl sites for hydroxylation is 1. The van der Waals surface area contributed by atoms with E-state index in [1.165, 1.54) is 10.5 Å². The zero-order chi connectivity index (χ0) is 15.2. The number of Topliss-reactive ketones (excluding diaryl/α,β-unsaturated/α-hetero) is 1. The van der Waals surface area contributed by atoms with Crippen molar-refractivity contribution >= 4 is 23.2 Å². The van der Waals surface area contributed by atoms with Gasteiger partial charge in [0.25, 0.3) is 0 Å². The number of para-hydroxylation sites is 1. The van der Waals surface area contributed by atoms with Crippen LogP contribution in [0, 0.1) is 6.92 Å². The number of hydrogen-bond acceptors (Lipinski definition) is 3. The monoisotopic (exact) mass is 299 g/mol. The van der Waals surface area contributed by atoms with Gasteiger partial charge in [0.05, 0.1) is 6.54 Å². The number of ketones is 1. The van der Waals surface area contributed by atoms with Crippen LogP contribution >= 0.6 is 11.8 Å². The average Bonchev–Trinajstić information content (AvgIpc) is 2.53. The number of nitrogens with zero attached hydrogens (tertiary/aromatic N) is 1. The van der Waals surface area contributed by atoms with Gasteiger partial charge in [-0.2, -0.15) is 0 Å². The molecular formula is C18H21NOS. The van der Waals surface area contributed by atoms with Gasteiger partial charge in [-0.05, 0) is 43.9 Å². The lowest BCUT2D eigenvalue weighted by Gasteiger charge is -2.24. The van der Waals surface area contributed by atoms with Gasteiger partial charge >= 0.3 is 0 Å². The highest BCUT2D eigenvalue weighted by Gasteiger charge is 2.13. The molecule has 0 bridgehead atoms. The molecule has 0 saturated heterocycles. The molecule has 0 saturated carbocycles. The van der Waals surface area contributed by atoms with Gasteiger partial charge < -0.3 is 4.90 Å². The third-order valence-electron chi connectivity index (χ3n) is 3.58. The molecule has 0 radical (unpaired) electrons. The lowest BCUT2D eigenvalue weighted by atomic mass is 10.1. The highest BCUT2D eigenvalue weighted by molar-refractivity contribution is 7.98. The van der Waals surface area contributed by atoms with E-state index in [-0.39, 0.29) is 5.78 Å². The van der Waals surface area contributed by atoms with Crippen LogP contribution in [0.2, 0.25) is 0 Å². The van der Waals surface area contributed by atoms with E-state index in [2.05, 4.69) is 30.9 Å². The smallest absolute Gasteiger partial charge is 0.182 e. The first kappa shape index (κ1) is 15.6. The highest BCUT2D eigenvalue weighted by Crippen LogP contribution is 2.20. The second-order valence-corrected chi connectivity index (χ2v) is 5.83. The largest absolute Gasteiger partial charge is 0.364 e. The van der Waals surface area contributed by atoms with Crippen molar-refractivity contribution in [2.45, 2.75) is 18.7 Å². The number of likely N-dealkylation sites (N-methyl/N-ethyl adjacent to an activating group) is 1. The van der Waals surface area contributed by atoms with Gasteiger partial charge in [-0.15, -0.1) is 11.8 Å². The predicted octanol–water partition coefficient (Wildman–Crippen LogP) is 4.43. The van der Waals surface area contributed by atoms with Gasteiger partial charge in [-0.3, -0.25) is 4.79 Å². The summed E-state index contributed by atoms with van der Waals surface area (Å²) < 4.78 is 0. The van der Waals surface area contributed by atoms with Crippen molar-refractivity contribution in [2.24, 2.45) is 0 Å². The Labute approximate surface area is 131 Å². The highest BCUT2D eigenvalue weighted by atomic mass is 32.2. The Kier molecular flexibility index (Phi) is 5.45. The minimum absolute atomic E-state index is 0.160. The third kappa shape index (κ3) is 3.88. The van der Waals surface area contributed by atoms with E-state index in [0.717, 1.165) is 17.8 Å². The fraction of sp³-hybridized carbons (Fsp3) is 0.278. The lowest BCUT2D eigenvalue weighted by Crippen LogP contribution is -2.30. The summed E-state index contributed by atoms with van der Waals surface area (Å²) in [5.41, 5.74) is 3.11. The Bertz CT molecular complexity index is 607. The first-order chi connectivity index (χ1) is 10.2. The van der Waals surface area contributed by atoms with E-state index < -0.39 is 0 Å². The molecule has 0 heterocycles. The van der Waals surface area contributed by atoms with Crippen LogP contribution in [0.15, 0.2) is 53.4 Å². The van der Waals surface area contributed by atoms with Crippen LogP contribution in [0.1, 0.15) is 22.8 Å². The number of thioether (sulfide) groups is 1. The van der Waals surface area contributed by atoms with Gasteiger partial charge in [0.1, 0.15) is 0 Å². The SMILES string of the molecule is CCN(CC(=O)c1ccc(SC)cc1)c1ccccc1C. The van der Waals surface area contributed by atoms with Gasteiger partial charge in [0, 0.05) is 22.7 Å². The maximum absolute atomic E-state index is 12.4. The summed E-state index contributed by atoms with van der Waals surface area (Å²) in [6.07, 6.45) is 2.04. The fourth-order valence-electron chi connectivity index (χ4n) is 2.33. The molecule has 0 aliphatic rings. The Hall–Kier alpha value is -1.74. The number of hydrogen-bond donors (Lipinski definition) is 0. The summed E-state index contributed by atoms with van der Waals surface area (Å²) in [7, 11) is 0. The van der Waals surface area contributed by atoms with Crippen molar-refractivity contribution in [2.75, 3.05) is 24.2 Å². The van der Waals surface area contributed by atoms with E-state index in [4.69, 9.17) is 0 Å². The van der Waals surface area contributed by atoms with Crippen molar-refractivity contribution in [1.29, 1.82) is 0 Å². The third-order valence-corrected chi connectivity index (χ3v) is 4.33. The first-order valence-corrected chi connectivity index (χ1v) is 8.36. The van der Waals surface area contributed by atoms with Crippen LogP contribution in [0.4, 0.5) is 5.69 Å². The number of carbonyl (C=O) groups excluding carboxylic acids is 1. The fourth-order valence-corrected chi connectivity index (χ4v) is 2.74. The standard InChI is InChI=1S/C18H21NOS/c1-4-19(17-8-6-5-7-14(17)2)13-18(20)15-9-11-16(21-3)12-10-15/h5-12H,4,13H2,1-3H3. The van der Waals surface area contributed by atoms with E-state index in [9.17, 15) is 4.79 Å². The van der Waals surface area contributed by atoms with E-state index in [1.807, 2.05) is 42.7 Å². The molecule has 0 aliphatic carbocycles. The first-order valence-electron chi connectivity index (χ1n) is 7.13. The van der Waals surface area contributed by atoms with Crippen LogP contribution in [0.5, 0.6) is 0 Å². The molecule has 0 amide bonds. The molecule has 0 N–H and O–H groups in total. The Morgan fingerprint density at radius 1 is 1.10 bits per heavy atom. The molecule has 2 rings (SSSR count). The summed E-state index contributed by atoms with van der Waals surface area (Å²) in [6, 6.07) is 16.0. The van der Waals surface area contributed by atoms with Gasteiger partial charge in [-0.25, -0.2) is 0 Å². The topological polar surface area (TPSA) is 20.3 Å². The van der Waals surface area contributed by atoms with E-state index in [0.29, 0.717) is 6.54 Å². The molecule has 0 fully saturated rings. The molecule has 2 aromatic carbocycles. The number of rotatable bonds is 6. The van der Waals surface area contributed by atoms with Crippen molar-refractivity contribution in [1.82, 2.24) is 0 Å². The zero-order valence-corrected chi connectivity index (χ0v) is 13.6. The van der Waals surface area contributed by atoms with Crippen LogP contribution in [-0.4, -0.2) is 25.1 Å². The average molecular weight is 299 g/mol. The molecular weight excluding hydrogens is 278 g/mol. The van der Waals surface area contributed by atoms with Crippen molar-refractivity contribution in [3.05, 3.63) is 59.7 Å². The molecule has 0 spiro atoms. The van der Waals surface area contributed by atoms with Crippen LogP contribution < -0.4 is 4.90 Å². The van der Waals surface area contributed by atoms with Gasteiger partial charge in [-0.1, -0.05) is 30.3 Å². The van der Waals surface area contributed by atoms with E-state index in [1.54, 1.807) is 11.8 Å². The summed E-state index contributed by atoms with van der Waals surface area (Å²) >= 11 is 1.68. The minimum atomic E-state index is 0.160. The molecule has 3 heteroatoms. The van der Waals surface area contributed by atoms with E-state index >= 15 is 0 Å². The lowest BCUT2D eigenvalue weighted by molar-refractivity contribution is 0.0999. The molecule has 0 atom stereocenters. The molecule has 0 aromatic heterocycles. The summed E-state index contributed by atoms with van der Waals surface area (Å²) in [6.45, 7) is 5.39. The Balaban J connectivity index is 2.14. The van der Waals surface area contributed by atoms with Crippen molar-refractivity contribution < 1.29 is 4.79 Å². The van der Waals surface area contributed by atoms with Crippen molar-refractivity contribution in [3.63, 3.8) is 0 Å². The molecule has 2 aromatic rings. The van der Waals surface area contributed by atoms with Gasteiger partial charge in [0.15, 0.2) is 5.78 Å². The van der Waals surface area contributed by atoms with Crippen LogP contribution in [-0.2, 0) is 0 Å². The van der Waals surface area contributed by atoms with Gasteiger partial charge in [0.2, 0.25) is 0 Å². The molecule has 110 valence electrons. The predicted molar refractivity (Wildman–Crippen MR) is 91.6 cm³/mol. The summed E-state index contributed by atoms with van der Waals surface area (Å²) in [5, 5.41) is 0. The normalized spacial score (nSPS) is 10.4. The number of carbonyl (C=O) groups is 1. The molecule has 21 heavy (non-hydrogen) atoms. The number of benzene rings is 2. The second-order valence-electron chi connectivity index (χ2n) is 4.95. The second kappa shape index (κ2) is 7.32. The number of anilines is 1. The van der Waals surface area contributed by atoms with Crippen molar-refractivity contribution in [3.8, 4) is 0 Å². The van der Waals surface area contributed by atoms with Crippen LogP contribution in [0.3, 0.4) is 0 Å². The maximum atomic E-state index is 12.4. The summed E-state index contributed by atoms with van der Waals surface area (Å²) in [4.78, 5) is 15.8. The minimum Gasteiger partial charge on any atom is -0.364 e. The quantitative estimate of drug-likeness (QED) is 0.581.